The van der Waals surface area contributed by atoms with Crippen molar-refractivity contribution in [1.82, 2.24) is 9.80 Å². The monoisotopic (exact) mass is 250 g/mol. The fourth-order valence-corrected chi connectivity index (χ4v) is 2.23. The lowest BCUT2D eigenvalue weighted by Gasteiger charge is -2.18. The van der Waals surface area contributed by atoms with E-state index in [1.165, 1.54) is 0 Å². The van der Waals surface area contributed by atoms with Crippen molar-refractivity contribution in [2.45, 2.75) is 6.04 Å². The van der Waals surface area contributed by atoms with Gasteiger partial charge in [-0.2, -0.15) is 0 Å². The van der Waals surface area contributed by atoms with Crippen molar-refractivity contribution >= 4 is 6.03 Å². The van der Waals surface area contributed by atoms with E-state index in [4.69, 9.17) is 9.84 Å². The van der Waals surface area contributed by atoms with Gasteiger partial charge in [0, 0.05) is 20.1 Å². The number of hydrogen-bond donors (Lipinski definition) is 1. The highest BCUT2D eigenvalue weighted by molar-refractivity contribution is 5.77. The van der Waals surface area contributed by atoms with Crippen LogP contribution in [0.1, 0.15) is 11.6 Å². The van der Waals surface area contributed by atoms with Crippen LogP contribution < -0.4 is 4.74 Å². The Balaban J connectivity index is 2.15. The quantitative estimate of drug-likeness (QED) is 0.870. The summed E-state index contributed by atoms with van der Waals surface area (Å²) >= 11 is 0. The Hall–Kier alpha value is -1.75. The maximum Gasteiger partial charge on any atom is 0.320 e. The van der Waals surface area contributed by atoms with Crippen LogP contribution in [0.3, 0.4) is 0 Å². The molecule has 0 radical (unpaired) electrons. The largest absolute Gasteiger partial charge is 0.497 e. The van der Waals surface area contributed by atoms with E-state index in [9.17, 15) is 4.79 Å². The number of carbonyl (C=O) groups is 1. The third kappa shape index (κ3) is 2.26. The van der Waals surface area contributed by atoms with E-state index in [0.29, 0.717) is 13.1 Å². The molecule has 1 aliphatic heterocycles. The zero-order valence-electron chi connectivity index (χ0n) is 10.7. The van der Waals surface area contributed by atoms with E-state index < -0.39 is 0 Å². The van der Waals surface area contributed by atoms with Gasteiger partial charge in [0.1, 0.15) is 5.75 Å². The average Bonchev–Trinajstić information content (AvgIpc) is 2.68. The van der Waals surface area contributed by atoms with Gasteiger partial charge in [0.25, 0.3) is 0 Å². The molecular weight excluding hydrogens is 232 g/mol. The number of benzene rings is 1. The Morgan fingerprint density at radius 1 is 1.39 bits per heavy atom. The number of methoxy groups -OCH3 is 1. The first-order valence-corrected chi connectivity index (χ1v) is 5.94. The summed E-state index contributed by atoms with van der Waals surface area (Å²) in [6, 6.07) is 7.72. The highest BCUT2D eigenvalue weighted by Gasteiger charge is 2.34. The number of aliphatic hydroxyl groups is 1. The number of nitrogens with zero attached hydrogens (tertiary/aromatic N) is 2. The van der Waals surface area contributed by atoms with Gasteiger partial charge in [0.15, 0.2) is 0 Å². The molecule has 2 amide bonds. The second-order valence-corrected chi connectivity index (χ2v) is 4.35. The van der Waals surface area contributed by atoms with Gasteiger partial charge in [-0.1, -0.05) is 12.1 Å². The van der Waals surface area contributed by atoms with Crippen molar-refractivity contribution in [2.75, 3.05) is 33.9 Å². The first-order valence-electron chi connectivity index (χ1n) is 5.94. The summed E-state index contributed by atoms with van der Waals surface area (Å²) < 4.78 is 5.12. The normalized spacial score (nSPS) is 19.5. The molecule has 2 rings (SSSR count). The Morgan fingerprint density at radius 2 is 2.06 bits per heavy atom. The van der Waals surface area contributed by atoms with Crippen LogP contribution in [0.5, 0.6) is 5.75 Å². The molecule has 0 saturated carbocycles. The standard InChI is InChI=1S/C13H18N2O3/c1-14-12(9-15(7-8-16)13(14)17)10-3-5-11(18-2)6-4-10/h3-6,12,16H,7-9H2,1-2H3. The molecule has 5 heteroatoms. The van der Waals surface area contributed by atoms with Crippen LogP contribution in [0.15, 0.2) is 24.3 Å². The van der Waals surface area contributed by atoms with Gasteiger partial charge in [-0.25, -0.2) is 4.79 Å². The lowest BCUT2D eigenvalue weighted by Crippen LogP contribution is -2.31. The molecule has 1 unspecified atom stereocenters. The Bertz CT molecular complexity index is 419. The van der Waals surface area contributed by atoms with Gasteiger partial charge in [-0.3, -0.25) is 0 Å². The van der Waals surface area contributed by atoms with E-state index in [2.05, 4.69) is 0 Å². The number of amides is 2. The number of ether oxygens (including phenoxy) is 1. The number of rotatable bonds is 4. The molecule has 0 bridgehead atoms. The fourth-order valence-electron chi connectivity index (χ4n) is 2.23. The summed E-state index contributed by atoms with van der Waals surface area (Å²) in [6.45, 7) is 0.993. The molecule has 18 heavy (non-hydrogen) atoms. The van der Waals surface area contributed by atoms with E-state index >= 15 is 0 Å². The van der Waals surface area contributed by atoms with Gasteiger partial charge in [0.05, 0.1) is 19.8 Å². The molecular formula is C13H18N2O3. The van der Waals surface area contributed by atoms with E-state index in [0.717, 1.165) is 11.3 Å². The van der Waals surface area contributed by atoms with Crippen molar-refractivity contribution in [2.24, 2.45) is 0 Å². The summed E-state index contributed by atoms with van der Waals surface area (Å²) in [5.74, 6) is 0.804. The van der Waals surface area contributed by atoms with Crippen LogP contribution in [0.4, 0.5) is 4.79 Å². The maximum atomic E-state index is 11.9. The van der Waals surface area contributed by atoms with Gasteiger partial charge < -0.3 is 19.6 Å². The Labute approximate surface area is 107 Å². The third-order valence-corrected chi connectivity index (χ3v) is 3.30. The van der Waals surface area contributed by atoms with Gasteiger partial charge in [-0.05, 0) is 17.7 Å². The lowest BCUT2D eigenvalue weighted by molar-refractivity contribution is 0.182. The van der Waals surface area contributed by atoms with Crippen molar-refractivity contribution in [3.63, 3.8) is 0 Å². The Morgan fingerprint density at radius 3 is 2.61 bits per heavy atom. The first-order chi connectivity index (χ1) is 8.67. The number of urea groups is 1. The second kappa shape index (κ2) is 5.27. The molecule has 1 heterocycles. The van der Waals surface area contributed by atoms with Crippen LogP contribution in [0, 0.1) is 0 Å². The number of β-amino-alcohol motifs (C(OH)–C–C–N with tert-alkyl or cyclic N) is 1. The zero-order valence-corrected chi connectivity index (χ0v) is 10.7. The van der Waals surface area contributed by atoms with Crippen LogP contribution in [-0.2, 0) is 0 Å². The molecule has 1 fully saturated rings. The molecule has 0 aromatic heterocycles. The topological polar surface area (TPSA) is 53.0 Å². The van der Waals surface area contributed by atoms with Crippen molar-refractivity contribution in [3.8, 4) is 5.75 Å². The average molecular weight is 250 g/mol. The molecule has 0 aliphatic carbocycles. The number of likely N-dealkylation sites (N-methyl/N-ethyl adjacent to an activating group) is 1. The van der Waals surface area contributed by atoms with Gasteiger partial charge in [0.2, 0.25) is 0 Å². The molecule has 0 spiro atoms. The summed E-state index contributed by atoms with van der Waals surface area (Å²) in [5, 5.41) is 8.93. The van der Waals surface area contributed by atoms with Crippen LogP contribution in [0.2, 0.25) is 0 Å². The predicted molar refractivity (Wildman–Crippen MR) is 67.6 cm³/mol. The minimum absolute atomic E-state index is 0.00505. The Kier molecular flexibility index (Phi) is 3.72. The highest BCUT2D eigenvalue weighted by atomic mass is 16.5. The molecule has 1 aromatic rings. The molecule has 1 atom stereocenters. The summed E-state index contributed by atoms with van der Waals surface area (Å²) in [6.07, 6.45) is 0. The molecule has 98 valence electrons. The summed E-state index contributed by atoms with van der Waals surface area (Å²) in [5.41, 5.74) is 1.08. The SMILES string of the molecule is COc1ccc(C2CN(CCO)C(=O)N2C)cc1. The van der Waals surface area contributed by atoms with Crippen molar-refractivity contribution in [1.29, 1.82) is 0 Å². The zero-order chi connectivity index (χ0) is 13.1. The third-order valence-electron chi connectivity index (χ3n) is 3.30. The number of hydrogen-bond acceptors (Lipinski definition) is 3. The predicted octanol–water partition coefficient (Wildman–Crippen LogP) is 1.10. The fraction of sp³-hybridized carbons (Fsp3) is 0.462. The second-order valence-electron chi connectivity index (χ2n) is 4.35. The molecule has 1 N–H and O–H groups in total. The van der Waals surface area contributed by atoms with Crippen LogP contribution >= 0.6 is 0 Å². The molecule has 1 saturated heterocycles. The number of carbonyl (C=O) groups excluding carboxylic acids is 1. The minimum atomic E-state index is -0.0372. The van der Waals surface area contributed by atoms with E-state index in [1.54, 1.807) is 24.0 Å². The molecule has 1 aromatic carbocycles. The minimum Gasteiger partial charge on any atom is -0.497 e. The van der Waals surface area contributed by atoms with Crippen LogP contribution in [-0.4, -0.2) is 54.8 Å². The van der Waals surface area contributed by atoms with Crippen molar-refractivity contribution < 1.29 is 14.6 Å². The van der Waals surface area contributed by atoms with Crippen LogP contribution in [0.25, 0.3) is 0 Å². The first kappa shape index (κ1) is 12.7. The molecule has 5 nitrogen and oxygen atoms in total. The lowest BCUT2D eigenvalue weighted by atomic mass is 10.1. The number of aliphatic hydroxyl groups excluding tert-OH is 1. The van der Waals surface area contributed by atoms with Gasteiger partial charge >= 0.3 is 6.03 Å². The van der Waals surface area contributed by atoms with Crippen molar-refractivity contribution in [3.05, 3.63) is 29.8 Å². The van der Waals surface area contributed by atoms with E-state index in [-0.39, 0.29) is 18.7 Å². The maximum absolute atomic E-state index is 11.9. The smallest absolute Gasteiger partial charge is 0.320 e. The summed E-state index contributed by atoms with van der Waals surface area (Å²) in [4.78, 5) is 15.3. The highest BCUT2D eigenvalue weighted by Crippen LogP contribution is 2.28. The van der Waals surface area contributed by atoms with Gasteiger partial charge in [-0.15, -0.1) is 0 Å². The molecule has 1 aliphatic rings. The van der Waals surface area contributed by atoms with E-state index in [1.807, 2.05) is 24.3 Å². The summed E-state index contributed by atoms with van der Waals surface area (Å²) in [7, 11) is 3.41.